The van der Waals surface area contributed by atoms with Gasteiger partial charge in [0, 0.05) is 11.9 Å². The van der Waals surface area contributed by atoms with Gasteiger partial charge in [0.2, 0.25) is 0 Å². The van der Waals surface area contributed by atoms with Crippen LogP contribution in [-0.4, -0.2) is 35.1 Å². The van der Waals surface area contributed by atoms with Crippen molar-refractivity contribution in [2.75, 3.05) is 18.1 Å². The highest BCUT2D eigenvalue weighted by atomic mass is 16.3. The van der Waals surface area contributed by atoms with Crippen molar-refractivity contribution in [3.63, 3.8) is 0 Å². The van der Waals surface area contributed by atoms with Crippen molar-refractivity contribution >= 4 is 22.6 Å². The van der Waals surface area contributed by atoms with Gasteiger partial charge in [0.1, 0.15) is 11.7 Å². The van der Waals surface area contributed by atoms with Crippen LogP contribution in [0, 0.1) is 5.41 Å². The summed E-state index contributed by atoms with van der Waals surface area (Å²) < 4.78 is 0. The lowest BCUT2D eigenvalue weighted by Crippen LogP contribution is -2.34. The molecule has 0 saturated carbocycles. The van der Waals surface area contributed by atoms with E-state index in [0.29, 0.717) is 11.4 Å². The molecule has 0 radical (unpaired) electrons. The predicted octanol–water partition coefficient (Wildman–Crippen LogP) is 1.48. The monoisotopic (exact) mass is 270 g/mol. The molecule has 1 aromatic carbocycles. The number of nitrogens with zero attached hydrogens (tertiary/aromatic N) is 2. The maximum absolute atomic E-state index is 9.49. The Bertz CT molecular complexity index is 655. The Morgan fingerprint density at radius 3 is 3.00 bits per heavy atom. The van der Waals surface area contributed by atoms with Crippen LogP contribution in [-0.2, 0) is 0 Å². The Labute approximate surface area is 117 Å². The molecule has 0 amide bonds. The summed E-state index contributed by atoms with van der Waals surface area (Å²) in [6, 6.07) is 9.78. The molecule has 2 aromatic rings. The number of nitrogens with two attached hydrogens (primary N) is 1. The average Bonchev–Trinajstić information content (AvgIpc) is 2.94. The molecule has 1 fully saturated rings. The highest BCUT2D eigenvalue weighted by Crippen LogP contribution is 2.29. The summed E-state index contributed by atoms with van der Waals surface area (Å²) in [4.78, 5) is 6.74. The molecule has 1 unspecified atom stereocenters. The molecule has 5 nitrogen and oxygen atoms in total. The van der Waals surface area contributed by atoms with Crippen LogP contribution in [0.1, 0.15) is 18.4 Å². The smallest absolute Gasteiger partial charge is 0.140 e. The van der Waals surface area contributed by atoms with Gasteiger partial charge in [0.25, 0.3) is 0 Å². The predicted molar refractivity (Wildman–Crippen MR) is 80.2 cm³/mol. The first-order valence-corrected chi connectivity index (χ1v) is 6.82. The lowest BCUT2D eigenvalue weighted by atomic mass is 10.1. The fraction of sp³-hybridized carbons (Fsp3) is 0.333. The first-order valence-electron chi connectivity index (χ1n) is 6.82. The van der Waals surface area contributed by atoms with Gasteiger partial charge in [-0.25, -0.2) is 4.98 Å². The van der Waals surface area contributed by atoms with Gasteiger partial charge >= 0.3 is 0 Å². The van der Waals surface area contributed by atoms with E-state index in [4.69, 9.17) is 11.1 Å². The van der Waals surface area contributed by atoms with E-state index >= 15 is 0 Å². The molecule has 3 rings (SSSR count). The molecule has 0 bridgehead atoms. The summed E-state index contributed by atoms with van der Waals surface area (Å²) in [5, 5.41) is 18.2. The standard InChI is InChI=1S/C15H18N4O/c16-14(17)12-8-10-4-1-2-6-13(10)18-15(12)19-7-3-5-11(19)9-20/h1-2,4,6,8,11,20H,3,5,7,9H2,(H3,16,17). The third kappa shape index (κ3) is 2.10. The maximum Gasteiger partial charge on any atom is 0.140 e. The Morgan fingerprint density at radius 1 is 1.45 bits per heavy atom. The summed E-state index contributed by atoms with van der Waals surface area (Å²) in [7, 11) is 0. The lowest BCUT2D eigenvalue weighted by molar-refractivity contribution is 0.266. The number of nitrogens with one attached hydrogen (secondary N) is 1. The fourth-order valence-electron chi connectivity index (χ4n) is 2.83. The third-order valence-corrected chi connectivity index (χ3v) is 3.85. The first-order chi connectivity index (χ1) is 9.70. The Kier molecular flexibility index (Phi) is 3.28. The van der Waals surface area contributed by atoms with Gasteiger partial charge in [-0.2, -0.15) is 0 Å². The van der Waals surface area contributed by atoms with Crippen LogP contribution in [0.25, 0.3) is 10.9 Å². The molecule has 2 heterocycles. The molecular weight excluding hydrogens is 252 g/mol. The van der Waals surface area contributed by atoms with Crippen LogP contribution in [0.5, 0.6) is 0 Å². The van der Waals surface area contributed by atoms with E-state index in [-0.39, 0.29) is 18.5 Å². The zero-order valence-corrected chi connectivity index (χ0v) is 11.2. The number of aromatic nitrogens is 1. The minimum absolute atomic E-state index is 0.0156. The molecule has 1 saturated heterocycles. The SMILES string of the molecule is N=C(N)c1cc2ccccc2nc1N1CCCC1CO. The fourth-order valence-corrected chi connectivity index (χ4v) is 2.83. The van der Waals surface area contributed by atoms with E-state index < -0.39 is 0 Å². The molecule has 5 heteroatoms. The molecule has 20 heavy (non-hydrogen) atoms. The average molecular weight is 270 g/mol. The molecule has 0 spiro atoms. The lowest BCUT2D eigenvalue weighted by Gasteiger charge is -2.26. The van der Waals surface area contributed by atoms with Crippen molar-refractivity contribution in [2.24, 2.45) is 5.73 Å². The molecule has 1 atom stereocenters. The third-order valence-electron chi connectivity index (χ3n) is 3.85. The van der Waals surface area contributed by atoms with Crippen molar-refractivity contribution in [1.82, 2.24) is 4.98 Å². The highest BCUT2D eigenvalue weighted by molar-refractivity contribution is 6.03. The number of rotatable bonds is 3. The number of para-hydroxylation sites is 1. The second-order valence-electron chi connectivity index (χ2n) is 5.14. The summed E-state index contributed by atoms with van der Waals surface area (Å²) in [6.45, 7) is 0.947. The van der Waals surface area contributed by atoms with E-state index in [0.717, 1.165) is 30.3 Å². The largest absolute Gasteiger partial charge is 0.394 e. The number of anilines is 1. The Balaban J connectivity index is 2.17. The molecule has 1 aliphatic heterocycles. The Hall–Kier alpha value is -2.14. The number of aliphatic hydroxyl groups is 1. The van der Waals surface area contributed by atoms with E-state index in [1.807, 2.05) is 30.3 Å². The summed E-state index contributed by atoms with van der Waals surface area (Å²) in [6.07, 6.45) is 1.97. The summed E-state index contributed by atoms with van der Waals surface area (Å²) in [5.41, 5.74) is 7.24. The number of aliphatic hydroxyl groups excluding tert-OH is 1. The Morgan fingerprint density at radius 2 is 2.25 bits per heavy atom. The number of hydrogen-bond donors (Lipinski definition) is 3. The minimum Gasteiger partial charge on any atom is -0.394 e. The van der Waals surface area contributed by atoms with Gasteiger partial charge in [-0.3, -0.25) is 5.41 Å². The van der Waals surface area contributed by atoms with Crippen LogP contribution in [0.4, 0.5) is 5.82 Å². The van der Waals surface area contributed by atoms with E-state index in [1.165, 1.54) is 0 Å². The van der Waals surface area contributed by atoms with Crippen LogP contribution < -0.4 is 10.6 Å². The number of fused-ring (bicyclic) bond motifs is 1. The zero-order valence-electron chi connectivity index (χ0n) is 11.2. The highest BCUT2D eigenvalue weighted by Gasteiger charge is 2.27. The number of amidine groups is 1. The molecule has 1 aromatic heterocycles. The van der Waals surface area contributed by atoms with Gasteiger partial charge in [-0.1, -0.05) is 18.2 Å². The van der Waals surface area contributed by atoms with E-state index in [9.17, 15) is 5.11 Å². The van der Waals surface area contributed by atoms with Gasteiger partial charge in [-0.05, 0) is 25.0 Å². The summed E-state index contributed by atoms with van der Waals surface area (Å²) in [5.74, 6) is 0.731. The van der Waals surface area contributed by atoms with Crippen molar-refractivity contribution in [3.8, 4) is 0 Å². The molecule has 1 aliphatic rings. The molecule has 4 N–H and O–H groups in total. The van der Waals surface area contributed by atoms with Gasteiger partial charge in [0.15, 0.2) is 0 Å². The van der Waals surface area contributed by atoms with Gasteiger partial charge in [-0.15, -0.1) is 0 Å². The topological polar surface area (TPSA) is 86.2 Å². The normalized spacial score (nSPS) is 18.6. The summed E-state index contributed by atoms with van der Waals surface area (Å²) >= 11 is 0. The van der Waals surface area contributed by atoms with Crippen molar-refractivity contribution < 1.29 is 5.11 Å². The second kappa shape index (κ2) is 5.09. The van der Waals surface area contributed by atoms with Crippen LogP contribution in [0.2, 0.25) is 0 Å². The van der Waals surface area contributed by atoms with E-state index in [2.05, 4.69) is 9.88 Å². The van der Waals surface area contributed by atoms with Crippen molar-refractivity contribution in [1.29, 1.82) is 5.41 Å². The van der Waals surface area contributed by atoms with E-state index in [1.54, 1.807) is 0 Å². The van der Waals surface area contributed by atoms with Crippen LogP contribution in [0.15, 0.2) is 30.3 Å². The molecule has 0 aliphatic carbocycles. The maximum atomic E-state index is 9.49. The minimum atomic E-state index is 0.0156. The van der Waals surface area contributed by atoms with Gasteiger partial charge < -0.3 is 15.7 Å². The number of benzene rings is 1. The number of nitrogen functional groups attached to an aromatic ring is 1. The van der Waals surface area contributed by atoms with Crippen LogP contribution >= 0.6 is 0 Å². The van der Waals surface area contributed by atoms with Crippen molar-refractivity contribution in [2.45, 2.75) is 18.9 Å². The number of hydrogen-bond acceptors (Lipinski definition) is 4. The zero-order chi connectivity index (χ0) is 14.1. The van der Waals surface area contributed by atoms with Crippen molar-refractivity contribution in [3.05, 3.63) is 35.9 Å². The quantitative estimate of drug-likeness (QED) is 0.582. The second-order valence-corrected chi connectivity index (χ2v) is 5.14. The number of pyridine rings is 1. The first kappa shape index (κ1) is 12.9. The molecular formula is C15H18N4O. The molecule has 104 valence electrons. The van der Waals surface area contributed by atoms with Gasteiger partial charge in [0.05, 0.1) is 23.7 Å². The van der Waals surface area contributed by atoms with Crippen LogP contribution in [0.3, 0.4) is 0 Å².